The Labute approximate surface area is 116 Å². The maximum atomic E-state index is 3.00. The molecule has 0 saturated carbocycles. The molecule has 0 aliphatic rings. The van der Waals surface area contributed by atoms with E-state index < -0.39 is 0 Å². The molecule has 4 nitrogen and oxygen atoms in total. The number of hydrogen-bond acceptors (Lipinski definition) is 0. The highest BCUT2D eigenvalue weighted by Crippen LogP contribution is 1.91. The number of rotatable bonds is 6. The van der Waals surface area contributed by atoms with Crippen LogP contribution in [0.2, 0.25) is 0 Å². The molecule has 19 heavy (non-hydrogen) atoms. The van der Waals surface area contributed by atoms with Crippen LogP contribution in [-0.2, 0) is 20.1 Å². The number of unbranched alkanes of at least 4 members (excludes halogenated alkanes) is 2. The lowest BCUT2D eigenvalue weighted by molar-refractivity contribution is -0.696. The Morgan fingerprint density at radius 3 is 2.42 bits per heavy atom. The zero-order chi connectivity index (χ0) is 13.9. The SMILES string of the molecule is CCCC[n+]1cc[nH]c1.CCCCn1cc[n+](C)c1. The van der Waals surface area contributed by atoms with Crippen LogP contribution in [0, 0.1) is 0 Å². The van der Waals surface area contributed by atoms with Crippen molar-refractivity contribution >= 4 is 0 Å². The molecule has 0 amide bonds. The van der Waals surface area contributed by atoms with Gasteiger partial charge in [0.15, 0.2) is 0 Å². The lowest BCUT2D eigenvalue weighted by Crippen LogP contribution is -2.29. The van der Waals surface area contributed by atoms with Gasteiger partial charge < -0.3 is 0 Å². The normalized spacial score (nSPS) is 10.1. The number of H-pyrrole nitrogens is 1. The summed E-state index contributed by atoms with van der Waals surface area (Å²) in [5.74, 6) is 0. The number of hydrogen-bond donors (Lipinski definition) is 1. The van der Waals surface area contributed by atoms with Gasteiger partial charge in [-0.25, -0.2) is 13.7 Å². The summed E-state index contributed by atoms with van der Waals surface area (Å²) in [5.41, 5.74) is 0. The molecule has 2 heterocycles. The largest absolute Gasteiger partial charge is 0.250 e. The van der Waals surface area contributed by atoms with E-state index >= 15 is 0 Å². The second kappa shape index (κ2) is 9.36. The van der Waals surface area contributed by atoms with E-state index in [1.165, 1.54) is 25.7 Å². The molecule has 1 N–H and O–H groups in total. The van der Waals surface area contributed by atoms with Gasteiger partial charge in [0.2, 0.25) is 12.7 Å². The molecule has 0 unspecified atom stereocenters. The van der Waals surface area contributed by atoms with Crippen molar-refractivity contribution in [3.05, 3.63) is 37.4 Å². The Balaban J connectivity index is 0.000000191. The van der Waals surface area contributed by atoms with Crippen molar-refractivity contribution in [2.24, 2.45) is 7.05 Å². The van der Waals surface area contributed by atoms with Crippen LogP contribution in [0.5, 0.6) is 0 Å². The lowest BCUT2D eigenvalue weighted by Gasteiger charge is -1.90. The molecule has 0 bridgehead atoms. The minimum Gasteiger partial charge on any atom is -0.250 e. The van der Waals surface area contributed by atoms with Crippen molar-refractivity contribution in [1.82, 2.24) is 9.55 Å². The van der Waals surface area contributed by atoms with Crippen molar-refractivity contribution < 1.29 is 9.13 Å². The summed E-state index contributed by atoms with van der Waals surface area (Å²) in [6, 6.07) is 0. The van der Waals surface area contributed by atoms with Gasteiger partial charge in [-0.05, 0) is 12.8 Å². The van der Waals surface area contributed by atoms with Crippen LogP contribution in [0.25, 0.3) is 0 Å². The fourth-order valence-electron chi connectivity index (χ4n) is 1.78. The van der Waals surface area contributed by atoms with Crippen molar-refractivity contribution in [2.75, 3.05) is 0 Å². The lowest BCUT2D eigenvalue weighted by atomic mass is 10.3. The van der Waals surface area contributed by atoms with Crippen LogP contribution in [0.4, 0.5) is 0 Å². The van der Waals surface area contributed by atoms with Gasteiger partial charge in [0.25, 0.3) is 0 Å². The Bertz CT molecular complexity index is 417. The Kier molecular flexibility index (Phi) is 7.63. The molecule has 0 saturated heterocycles. The number of nitrogens with zero attached hydrogens (tertiary/aromatic N) is 3. The second-order valence-electron chi connectivity index (χ2n) is 4.87. The van der Waals surface area contributed by atoms with Gasteiger partial charge in [0.1, 0.15) is 24.8 Å². The second-order valence-corrected chi connectivity index (χ2v) is 4.87. The van der Waals surface area contributed by atoms with Crippen LogP contribution in [-0.4, -0.2) is 9.55 Å². The Hall–Kier alpha value is -1.58. The molecule has 0 aliphatic heterocycles. The van der Waals surface area contributed by atoms with Gasteiger partial charge in [0, 0.05) is 0 Å². The first-order valence-electron chi connectivity index (χ1n) is 7.29. The van der Waals surface area contributed by atoms with Crippen LogP contribution in [0.15, 0.2) is 37.4 Å². The molecule has 0 radical (unpaired) electrons. The summed E-state index contributed by atoms with van der Waals surface area (Å²) in [7, 11) is 2.04. The van der Waals surface area contributed by atoms with Gasteiger partial charge in [-0.15, -0.1) is 0 Å². The zero-order valence-corrected chi connectivity index (χ0v) is 12.5. The zero-order valence-electron chi connectivity index (χ0n) is 12.5. The molecule has 0 spiro atoms. The van der Waals surface area contributed by atoms with Gasteiger partial charge in [0.05, 0.1) is 20.1 Å². The first-order valence-corrected chi connectivity index (χ1v) is 7.29. The minimum absolute atomic E-state index is 1.14. The highest BCUT2D eigenvalue weighted by molar-refractivity contribution is 4.65. The number of imidazole rings is 2. The number of aryl methyl sites for hydroxylation is 3. The van der Waals surface area contributed by atoms with E-state index in [0.29, 0.717) is 0 Å². The standard InChI is InChI=1S/C8H15N2.C7H12N2/c1-3-4-5-10-7-6-9(2)8-10;1-2-3-5-9-6-4-8-7-9/h6-8H,3-5H2,1-2H3;4,6-7H,2-3,5H2,1H3/q+1;/p+1. The molecule has 106 valence electrons. The summed E-state index contributed by atoms with van der Waals surface area (Å²) >= 11 is 0. The highest BCUT2D eigenvalue weighted by atomic mass is 15.1. The summed E-state index contributed by atoms with van der Waals surface area (Å²) in [4.78, 5) is 3.00. The molecule has 4 heteroatoms. The van der Waals surface area contributed by atoms with E-state index in [9.17, 15) is 0 Å². The quantitative estimate of drug-likeness (QED) is 0.775. The van der Waals surface area contributed by atoms with Crippen molar-refractivity contribution in [3.8, 4) is 0 Å². The number of aromatic amines is 1. The molecule has 0 aliphatic carbocycles. The van der Waals surface area contributed by atoms with Crippen molar-refractivity contribution in [2.45, 2.75) is 52.6 Å². The first-order chi connectivity index (χ1) is 9.26. The topological polar surface area (TPSA) is 28.5 Å². The van der Waals surface area contributed by atoms with Gasteiger partial charge in [-0.1, -0.05) is 26.7 Å². The Morgan fingerprint density at radius 1 is 1.11 bits per heavy atom. The molecule has 0 fully saturated rings. The number of aromatic nitrogens is 4. The van der Waals surface area contributed by atoms with Crippen molar-refractivity contribution in [1.29, 1.82) is 0 Å². The molecule has 2 aromatic heterocycles. The summed E-state index contributed by atoms with van der Waals surface area (Å²) < 4.78 is 6.43. The van der Waals surface area contributed by atoms with E-state index in [1.54, 1.807) is 0 Å². The van der Waals surface area contributed by atoms with Crippen LogP contribution in [0.3, 0.4) is 0 Å². The third-order valence-corrected chi connectivity index (χ3v) is 2.97. The minimum atomic E-state index is 1.14. The van der Waals surface area contributed by atoms with E-state index in [0.717, 1.165) is 13.1 Å². The van der Waals surface area contributed by atoms with Crippen LogP contribution < -0.4 is 9.13 Å². The average Bonchev–Trinajstić information content (AvgIpc) is 3.06. The molecular formula is C15H28N4+2. The average molecular weight is 264 g/mol. The predicted molar refractivity (Wildman–Crippen MR) is 76.4 cm³/mol. The van der Waals surface area contributed by atoms with Gasteiger partial charge >= 0.3 is 0 Å². The maximum Gasteiger partial charge on any atom is 0.243 e. The van der Waals surface area contributed by atoms with Crippen molar-refractivity contribution in [3.63, 3.8) is 0 Å². The smallest absolute Gasteiger partial charge is 0.243 e. The maximum absolute atomic E-state index is 3.00. The molecule has 2 rings (SSSR count). The summed E-state index contributed by atoms with van der Waals surface area (Å²) in [5, 5.41) is 0. The molecule has 2 aromatic rings. The highest BCUT2D eigenvalue weighted by Gasteiger charge is 1.96. The van der Waals surface area contributed by atoms with E-state index in [2.05, 4.69) is 57.5 Å². The van der Waals surface area contributed by atoms with Crippen LogP contribution in [0.1, 0.15) is 39.5 Å². The van der Waals surface area contributed by atoms with E-state index in [4.69, 9.17) is 0 Å². The molecule has 0 atom stereocenters. The monoisotopic (exact) mass is 264 g/mol. The van der Waals surface area contributed by atoms with Gasteiger partial charge in [-0.3, -0.25) is 4.98 Å². The summed E-state index contributed by atoms with van der Waals surface area (Å²) in [6.07, 6.45) is 17.3. The van der Waals surface area contributed by atoms with E-state index in [-0.39, 0.29) is 0 Å². The van der Waals surface area contributed by atoms with E-state index in [1.807, 2.05) is 19.6 Å². The fraction of sp³-hybridized carbons (Fsp3) is 0.600. The third kappa shape index (κ3) is 6.79. The fourth-order valence-corrected chi connectivity index (χ4v) is 1.78. The molecule has 0 aromatic carbocycles. The third-order valence-electron chi connectivity index (χ3n) is 2.97. The van der Waals surface area contributed by atoms with Crippen LogP contribution >= 0.6 is 0 Å². The van der Waals surface area contributed by atoms with Gasteiger partial charge in [-0.2, -0.15) is 0 Å². The summed E-state index contributed by atoms with van der Waals surface area (Å²) in [6.45, 7) is 6.70. The predicted octanol–water partition coefficient (Wildman–Crippen LogP) is 2.21. The molecular weight excluding hydrogens is 236 g/mol. The Morgan fingerprint density at radius 2 is 1.89 bits per heavy atom. The number of nitrogens with one attached hydrogen (secondary N) is 1. The first kappa shape index (κ1) is 15.5.